The van der Waals surface area contributed by atoms with E-state index >= 15 is 0 Å². The summed E-state index contributed by atoms with van der Waals surface area (Å²) in [5.41, 5.74) is 4.18. The van der Waals surface area contributed by atoms with E-state index < -0.39 is 17.6 Å². The smallest absolute Gasteiger partial charge is 0.416 e. The van der Waals surface area contributed by atoms with Crippen molar-refractivity contribution < 1.29 is 22.7 Å². The van der Waals surface area contributed by atoms with Crippen molar-refractivity contribution in [2.24, 2.45) is 5.10 Å². The molecule has 0 unspecified atom stereocenters. The number of anilines is 2. The molecule has 4 aromatic rings. The van der Waals surface area contributed by atoms with Crippen LogP contribution in [0.5, 0.6) is 5.75 Å². The number of nitrogens with one attached hydrogen (secondary N) is 2. The SMILES string of the molecule is N#Cc1ccccc1COc1ccc(/C=N\NC(=O)Cc2csc(Nc3cccc(C(F)(F)F)c3)n2)cc1Cl. The summed E-state index contributed by atoms with van der Waals surface area (Å²) < 4.78 is 44.4. The van der Waals surface area contributed by atoms with Gasteiger partial charge in [-0.25, -0.2) is 10.4 Å². The lowest BCUT2D eigenvalue weighted by molar-refractivity contribution is -0.137. The minimum atomic E-state index is -4.45. The number of alkyl halides is 3. The third kappa shape index (κ3) is 7.80. The lowest BCUT2D eigenvalue weighted by Crippen LogP contribution is -2.19. The number of aromatic nitrogens is 1. The van der Waals surface area contributed by atoms with Crippen molar-refractivity contribution in [3.05, 3.63) is 105 Å². The summed E-state index contributed by atoms with van der Waals surface area (Å²) >= 11 is 7.47. The van der Waals surface area contributed by atoms with Gasteiger partial charge in [0.15, 0.2) is 5.13 Å². The molecule has 0 aliphatic heterocycles. The number of hydrogen-bond acceptors (Lipinski definition) is 7. The Morgan fingerprint density at radius 1 is 1.15 bits per heavy atom. The fraction of sp³-hybridized carbons (Fsp3) is 0.111. The van der Waals surface area contributed by atoms with Crippen LogP contribution in [0.3, 0.4) is 0 Å². The summed E-state index contributed by atoms with van der Waals surface area (Å²) in [5.74, 6) is 0.00745. The molecule has 1 heterocycles. The van der Waals surface area contributed by atoms with Crippen LogP contribution in [0.25, 0.3) is 0 Å². The number of carbonyl (C=O) groups is 1. The van der Waals surface area contributed by atoms with E-state index in [0.717, 1.165) is 29.0 Å². The summed E-state index contributed by atoms with van der Waals surface area (Å²) in [4.78, 5) is 16.5. The molecule has 0 aliphatic rings. The monoisotopic (exact) mass is 569 g/mol. The van der Waals surface area contributed by atoms with E-state index in [0.29, 0.717) is 32.7 Å². The van der Waals surface area contributed by atoms with Crippen LogP contribution in [0.2, 0.25) is 5.02 Å². The molecule has 4 rings (SSSR count). The minimum Gasteiger partial charge on any atom is -0.487 e. The molecule has 0 aliphatic carbocycles. The summed E-state index contributed by atoms with van der Waals surface area (Å²) in [5, 5.41) is 18.2. The number of thiazole rings is 1. The predicted octanol–water partition coefficient (Wildman–Crippen LogP) is 6.70. The lowest BCUT2D eigenvalue weighted by atomic mass is 10.1. The summed E-state index contributed by atoms with van der Waals surface area (Å²) in [6, 6.07) is 19.0. The molecule has 39 heavy (non-hydrogen) atoms. The Morgan fingerprint density at radius 2 is 1.97 bits per heavy atom. The molecule has 1 amide bonds. The average Bonchev–Trinajstić information content (AvgIpc) is 3.34. The molecule has 0 fully saturated rings. The van der Waals surface area contributed by atoms with Crippen LogP contribution >= 0.6 is 22.9 Å². The van der Waals surface area contributed by atoms with E-state index in [2.05, 4.69) is 26.9 Å². The molecular weight excluding hydrogens is 551 g/mol. The Labute approximate surface area is 230 Å². The van der Waals surface area contributed by atoms with Gasteiger partial charge in [-0.1, -0.05) is 35.9 Å². The van der Waals surface area contributed by atoms with Gasteiger partial charge in [0.05, 0.1) is 40.5 Å². The van der Waals surface area contributed by atoms with Crippen LogP contribution in [0.4, 0.5) is 24.0 Å². The van der Waals surface area contributed by atoms with E-state index in [-0.39, 0.29) is 18.7 Å². The van der Waals surface area contributed by atoms with E-state index in [4.69, 9.17) is 16.3 Å². The van der Waals surface area contributed by atoms with Crippen LogP contribution in [0, 0.1) is 11.3 Å². The second kappa shape index (κ2) is 12.4. The van der Waals surface area contributed by atoms with Crippen molar-refractivity contribution in [1.82, 2.24) is 10.4 Å². The highest BCUT2D eigenvalue weighted by Gasteiger charge is 2.30. The first-order chi connectivity index (χ1) is 18.7. The van der Waals surface area contributed by atoms with Crippen LogP contribution in [-0.2, 0) is 24.0 Å². The van der Waals surface area contributed by atoms with Crippen molar-refractivity contribution in [2.45, 2.75) is 19.2 Å². The first-order valence-electron chi connectivity index (χ1n) is 11.3. The molecule has 0 bridgehead atoms. The van der Waals surface area contributed by atoms with Gasteiger partial charge in [-0.05, 0) is 48.0 Å². The fourth-order valence-corrected chi connectivity index (χ4v) is 4.32. The number of nitrogens with zero attached hydrogens (tertiary/aromatic N) is 3. The van der Waals surface area contributed by atoms with E-state index in [1.54, 1.807) is 41.8 Å². The van der Waals surface area contributed by atoms with Gasteiger partial charge in [0.1, 0.15) is 12.4 Å². The van der Waals surface area contributed by atoms with Gasteiger partial charge in [-0.2, -0.15) is 23.5 Å². The Bertz CT molecular complexity index is 1550. The summed E-state index contributed by atoms with van der Waals surface area (Å²) in [6.45, 7) is 0.181. The molecule has 0 saturated heterocycles. The molecule has 0 saturated carbocycles. The second-order valence-corrected chi connectivity index (χ2v) is 9.33. The summed E-state index contributed by atoms with van der Waals surface area (Å²) in [6.07, 6.45) is -3.10. The standard InChI is InChI=1S/C27H19ClF3N5O2S/c28-23-10-17(8-9-24(23)38-15-19-5-2-1-4-18(19)13-32)14-33-36-25(37)12-22-16-39-26(35-22)34-21-7-3-6-20(11-21)27(29,30)31/h1-11,14,16H,12,15H2,(H,34,35)(H,36,37)/b33-14-. The largest absolute Gasteiger partial charge is 0.487 e. The van der Waals surface area contributed by atoms with Gasteiger partial charge in [-0.3, -0.25) is 4.79 Å². The number of amides is 1. The molecule has 198 valence electrons. The van der Waals surface area contributed by atoms with Crippen molar-refractivity contribution in [3.8, 4) is 11.8 Å². The third-order valence-corrected chi connectivity index (χ3v) is 6.32. The zero-order valence-electron chi connectivity index (χ0n) is 20.0. The fourth-order valence-electron chi connectivity index (χ4n) is 3.35. The van der Waals surface area contributed by atoms with Gasteiger partial charge in [-0.15, -0.1) is 11.3 Å². The van der Waals surface area contributed by atoms with E-state index in [1.807, 2.05) is 6.07 Å². The number of benzene rings is 3. The molecule has 3 aromatic carbocycles. The zero-order chi connectivity index (χ0) is 27.8. The third-order valence-electron chi connectivity index (χ3n) is 5.21. The Hall–Kier alpha value is -4.40. The molecular formula is C27H19ClF3N5O2S. The van der Waals surface area contributed by atoms with Crippen molar-refractivity contribution >= 4 is 45.9 Å². The van der Waals surface area contributed by atoms with Gasteiger partial charge < -0.3 is 10.1 Å². The minimum absolute atomic E-state index is 0.0736. The van der Waals surface area contributed by atoms with Crippen molar-refractivity contribution in [3.63, 3.8) is 0 Å². The molecule has 0 radical (unpaired) electrons. The topological polar surface area (TPSA) is 99.4 Å². The Balaban J connectivity index is 1.28. The number of ether oxygens (including phenoxy) is 1. The molecule has 2 N–H and O–H groups in total. The van der Waals surface area contributed by atoms with Crippen LogP contribution in [-0.4, -0.2) is 17.1 Å². The van der Waals surface area contributed by atoms with Crippen LogP contribution in [0.1, 0.15) is 27.9 Å². The maximum atomic E-state index is 12.9. The molecule has 0 atom stereocenters. The molecule has 7 nitrogen and oxygen atoms in total. The number of hydrogen-bond donors (Lipinski definition) is 2. The van der Waals surface area contributed by atoms with Gasteiger partial charge >= 0.3 is 6.18 Å². The first-order valence-corrected chi connectivity index (χ1v) is 12.6. The molecule has 1 aromatic heterocycles. The highest BCUT2D eigenvalue weighted by Crippen LogP contribution is 2.32. The number of halogens is 4. The van der Waals surface area contributed by atoms with Crippen molar-refractivity contribution in [2.75, 3.05) is 5.32 Å². The maximum absolute atomic E-state index is 12.9. The lowest BCUT2D eigenvalue weighted by Gasteiger charge is -2.09. The number of nitriles is 1. The molecule has 12 heteroatoms. The first kappa shape index (κ1) is 27.6. The predicted molar refractivity (Wildman–Crippen MR) is 143 cm³/mol. The van der Waals surface area contributed by atoms with Crippen LogP contribution in [0.15, 0.2) is 77.2 Å². The quantitative estimate of drug-likeness (QED) is 0.172. The average molecular weight is 570 g/mol. The van der Waals surface area contributed by atoms with Gasteiger partial charge in [0.2, 0.25) is 5.91 Å². The number of rotatable bonds is 9. The second-order valence-electron chi connectivity index (χ2n) is 8.06. The van der Waals surface area contributed by atoms with Crippen molar-refractivity contribution in [1.29, 1.82) is 5.26 Å². The van der Waals surface area contributed by atoms with E-state index in [9.17, 15) is 23.2 Å². The Kier molecular flexibility index (Phi) is 8.81. The number of hydrazone groups is 1. The van der Waals surface area contributed by atoms with E-state index in [1.165, 1.54) is 18.3 Å². The van der Waals surface area contributed by atoms with Gasteiger partial charge in [0, 0.05) is 16.6 Å². The summed E-state index contributed by atoms with van der Waals surface area (Å²) in [7, 11) is 0. The highest BCUT2D eigenvalue weighted by atomic mass is 35.5. The Morgan fingerprint density at radius 3 is 2.74 bits per heavy atom. The van der Waals surface area contributed by atoms with Crippen LogP contribution < -0.4 is 15.5 Å². The maximum Gasteiger partial charge on any atom is 0.416 e. The number of carbonyl (C=O) groups excluding carboxylic acids is 1. The zero-order valence-corrected chi connectivity index (χ0v) is 21.6. The van der Waals surface area contributed by atoms with Gasteiger partial charge in [0.25, 0.3) is 0 Å². The molecule has 0 spiro atoms. The normalized spacial score (nSPS) is 11.3. The highest BCUT2D eigenvalue weighted by molar-refractivity contribution is 7.13.